The Balaban J connectivity index is 2.35. The molecular formula is C14H12N2O2. The van der Waals surface area contributed by atoms with Crippen molar-refractivity contribution in [3.63, 3.8) is 0 Å². The monoisotopic (exact) mass is 240 g/mol. The van der Waals surface area contributed by atoms with E-state index in [-0.39, 0.29) is 6.61 Å². The van der Waals surface area contributed by atoms with E-state index < -0.39 is 0 Å². The molecule has 1 aromatic heterocycles. The van der Waals surface area contributed by atoms with Crippen LogP contribution in [-0.4, -0.2) is 10.1 Å². The molecule has 0 bridgehead atoms. The van der Waals surface area contributed by atoms with E-state index in [0.29, 0.717) is 22.6 Å². The second-order valence-electron chi connectivity index (χ2n) is 3.79. The Labute approximate surface area is 105 Å². The van der Waals surface area contributed by atoms with Crippen molar-refractivity contribution in [2.75, 3.05) is 0 Å². The minimum Gasteiger partial charge on any atom is -0.454 e. The van der Waals surface area contributed by atoms with Gasteiger partial charge in [-0.1, -0.05) is 6.07 Å². The van der Waals surface area contributed by atoms with Crippen molar-refractivity contribution < 1.29 is 9.84 Å². The molecule has 0 aliphatic carbocycles. The zero-order chi connectivity index (χ0) is 13.0. The van der Waals surface area contributed by atoms with Gasteiger partial charge in [0.2, 0.25) is 0 Å². The van der Waals surface area contributed by atoms with E-state index in [0.717, 1.165) is 5.69 Å². The van der Waals surface area contributed by atoms with Gasteiger partial charge in [-0.05, 0) is 36.8 Å². The lowest BCUT2D eigenvalue weighted by Crippen LogP contribution is -1.93. The molecule has 4 heteroatoms. The van der Waals surface area contributed by atoms with Gasteiger partial charge in [-0.3, -0.25) is 4.98 Å². The van der Waals surface area contributed by atoms with Crippen molar-refractivity contribution in [1.82, 2.24) is 4.98 Å². The van der Waals surface area contributed by atoms with Crippen LogP contribution in [0.1, 0.15) is 16.8 Å². The van der Waals surface area contributed by atoms with Gasteiger partial charge in [-0.15, -0.1) is 0 Å². The van der Waals surface area contributed by atoms with Crippen LogP contribution in [0.2, 0.25) is 0 Å². The maximum Gasteiger partial charge on any atom is 0.148 e. The first-order chi connectivity index (χ1) is 8.74. The summed E-state index contributed by atoms with van der Waals surface area (Å²) in [4.78, 5) is 4.12. The standard InChI is InChI=1S/C14H12N2O2/c1-10-13(3-2-6-16-10)18-14-5-4-11(9-17)7-12(14)8-15/h2-7,17H,9H2,1H3. The molecule has 0 aliphatic heterocycles. The molecule has 2 aromatic rings. The van der Waals surface area contributed by atoms with Crippen molar-refractivity contribution in [2.45, 2.75) is 13.5 Å². The van der Waals surface area contributed by atoms with Crippen molar-refractivity contribution >= 4 is 0 Å². The Morgan fingerprint density at radius 2 is 2.17 bits per heavy atom. The van der Waals surface area contributed by atoms with Crippen molar-refractivity contribution in [3.8, 4) is 17.6 Å². The summed E-state index contributed by atoms with van der Waals surface area (Å²) in [6.45, 7) is 1.74. The molecule has 0 fully saturated rings. The van der Waals surface area contributed by atoms with Gasteiger partial charge in [-0.2, -0.15) is 5.26 Å². The molecule has 0 saturated heterocycles. The molecule has 0 aliphatic rings. The molecule has 1 N–H and O–H groups in total. The number of aryl methyl sites for hydroxylation is 1. The van der Waals surface area contributed by atoms with Gasteiger partial charge in [0, 0.05) is 6.20 Å². The van der Waals surface area contributed by atoms with Crippen LogP contribution in [0.25, 0.3) is 0 Å². The van der Waals surface area contributed by atoms with Crippen LogP contribution in [0.3, 0.4) is 0 Å². The third-order valence-electron chi connectivity index (χ3n) is 2.53. The molecule has 0 radical (unpaired) electrons. The summed E-state index contributed by atoms with van der Waals surface area (Å²) in [6.07, 6.45) is 1.68. The molecule has 0 spiro atoms. The first-order valence-corrected chi connectivity index (χ1v) is 5.48. The van der Waals surface area contributed by atoms with Crippen LogP contribution in [0, 0.1) is 18.3 Å². The minimum atomic E-state index is -0.0963. The number of aromatic nitrogens is 1. The summed E-state index contributed by atoms with van der Waals surface area (Å²) in [5.74, 6) is 1.08. The lowest BCUT2D eigenvalue weighted by molar-refractivity contribution is 0.281. The third kappa shape index (κ3) is 2.47. The molecule has 2 rings (SSSR count). The summed E-state index contributed by atoms with van der Waals surface area (Å²) >= 11 is 0. The van der Waals surface area contributed by atoms with E-state index in [9.17, 15) is 0 Å². The van der Waals surface area contributed by atoms with Crippen LogP contribution in [0.5, 0.6) is 11.5 Å². The summed E-state index contributed by atoms with van der Waals surface area (Å²) in [6, 6.07) is 10.6. The minimum absolute atomic E-state index is 0.0963. The molecule has 1 heterocycles. The average Bonchev–Trinajstić information content (AvgIpc) is 2.41. The van der Waals surface area contributed by atoms with Gasteiger partial charge in [0.25, 0.3) is 0 Å². The van der Waals surface area contributed by atoms with E-state index in [2.05, 4.69) is 11.1 Å². The number of benzene rings is 1. The van der Waals surface area contributed by atoms with E-state index in [1.165, 1.54) is 0 Å². The highest BCUT2D eigenvalue weighted by atomic mass is 16.5. The largest absolute Gasteiger partial charge is 0.454 e. The Hall–Kier alpha value is -2.38. The molecule has 0 saturated carbocycles. The summed E-state index contributed by atoms with van der Waals surface area (Å²) < 4.78 is 5.66. The van der Waals surface area contributed by atoms with Crippen LogP contribution < -0.4 is 4.74 Å². The molecule has 1 aromatic carbocycles. The van der Waals surface area contributed by atoms with Crippen molar-refractivity contribution in [1.29, 1.82) is 5.26 Å². The number of nitriles is 1. The predicted molar refractivity (Wildman–Crippen MR) is 66.1 cm³/mol. The van der Waals surface area contributed by atoms with Gasteiger partial charge in [0.1, 0.15) is 17.6 Å². The molecule has 90 valence electrons. The zero-order valence-electron chi connectivity index (χ0n) is 9.92. The van der Waals surface area contributed by atoms with E-state index in [4.69, 9.17) is 15.1 Å². The van der Waals surface area contributed by atoms with Gasteiger partial charge < -0.3 is 9.84 Å². The molecular weight excluding hydrogens is 228 g/mol. The van der Waals surface area contributed by atoms with Crippen LogP contribution in [-0.2, 0) is 6.61 Å². The SMILES string of the molecule is Cc1ncccc1Oc1ccc(CO)cc1C#N. The topological polar surface area (TPSA) is 66.1 Å². The Morgan fingerprint density at radius 1 is 1.33 bits per heavy atom. The number of ether oxygens (including phenoxy) is 1. The highest BCUT2D eigenvalue weighted by Crippen LogP contribution is 2.27. The number of hydrogen-bond acceptors (Lipinski definition) is 4. The number of aliphatic hydroxyl groups excluding tert-OH is 1. The third-order valence-corrected chi connectivity index (χ3v) is 2.53. The fourth-order valence-corrected chi connectivity index (χ4v) is 1.55. The highest BCUT2D eigenvalue weighted by Gasteiger charge is 2.07. The lowest BCUT2D eigenvalue weighted by atomic mass is 10.1. The number of aliphatic hydroxyl groups is 1. The maximum absolute atomic E-state index is 9.06. The quantitative estimate of drug-likeness (QED) is 0.895. The molecule has 0 amide bonds. The maximum atomic E-state index is 9.06. The molecule has 0 unspecified atom stereocenters. The summed E-state index contributed by atoms with van der Waals surface area (Å²) in [5, 5.41) is 18.1. The number of pyridine rings is 1. The number of hydrogen-bond donors (Lipinski definition) is 1. The summed E-state index contributed by atoms with van der Waals surface area (Å²) in [7, 11) is 0. The fraction of sp³-hybridized carbons (Fsp3) is 0.143. The fourth-order valence-electron chi connectivity index (χ4n) is 1.55. The first-order valence-electron chi connectivity index (χ1n) is 5.48. The Kier molecular flexibility index (Phi) is 3.56. The Bertz CT molecular complexity index is 603. The van der Waals surface area contributed by atoms with Crippen molar-refractivity contribution in [2.24, 2.45) is 0 Å². The van der Waals surface area contributed by atoms with Crippen LogP contribution in [0.4, 0.5) is 0 Å². The van der Waals surface area contributed by atoms with E-state index in [1.54, 1.807) is 36.5 Å². The normalized spacial score (nSPS) is 9.83. The second kappa shape index (κ2) is 5.30. The summed E-state index contributed by atoms with van der Waals surface area (Å²) in [5.41, 5.74) is 1.83. The van der Waals surface area contributed by atoms with Gasteiger partial charge in [-0.25, -0.2) is 0 Å². The van der Waals surface area contributed by atoms with E-state index >= 15 is 0 Å². The average molecular weight is 240 g/mol. The van der Waals surface area contributed by atoms with Gasteiger partial charge in [0.15, 0.2) is 0 Å². The Morgan fingerprint density at radius 3 is 2.83 bits per heavy atom. The predicted octanol–water partition coefficient (Wildman–Crippen LogP) is 2.55. The zero-order valence-corrected chi connectivity index (χ0v) is 9.92. The smallest absolute Gasteiger partial charge is 0.148 e. The number of nitrogens with zero attached hydrogens (tertiary/aromatic N) is 2. The highest BCUT2D eigenvalue weighted by molar-refractivity contribution is 5.47. The van der Waals surface area contributed by atoms with E-state index in [1.807, 2.05) is 6.92 Å². The first kappa shape index (κ1) is 12.1. The number of rotatable bonds is 3. The van der Waals surface area contributed by atoms with Crippen LogP contribution in [0.15, 0.2) is 36.5 Å². The lowest BCUT2D eigenvalue weighted by Gasteiger charge is -2.09. The van der Waals surface area contributed by atoms with Crippen molar-refractivity contribution in [3.05, 3.63) is 53.3 Å². The van der Waals surface area contributed by atoms with Gasteiger partial charge >= 0.3 is 0 Å². The molecule has 4 nitrogen and oxygen atoms in total. The second-order valence-corrected chi connectivity index (χ2v) is 3.79. The molecule has 0 atom stereocenters. The molecule has 18 heavy (non-hydrogen) atoms. The van der Waals surface area contributed by atoms with Crippen LogP contribution >= 0.6 is 0 Å². The van der Waals surface area contributed by atoms with Gasteiger partial charge in [0.05, 0.1) is 17.9 Å².